The Kier molecular flexibility index (Phi) is 9.01. The number of carbonyl (C=O) groups excluding carboxylic acids is 3. The van der Waals surface area contributed by atoms with Crippen LogP contribution in [-0.2, 0) is 23.9 Å². The molecule has 0 aliphatic carbocycles. The number of thiocarbonyl (C=S) groups is 1. The number of thioether (sulfide) groups is 2. The van der Waals surface area contributed by atoms with Crippen molar-refractivity contribution < 1.29 is 28.6 Å². The van der Waals surface area contributed by atoms with Crippen LogP contribution in [0.1, 0.15) is 38.8 Å². The van der Waals surface area contributed by atoms with Gasteiger partial charge < -0.3 is 14.2 Å². The van der Waals surface area contributed by atoms with Crippen molar-refractivity contribution in [2.45, 2.75) is 40.2 Å². The molecule has 7 nitrogen and oxygen atoms in total. The SMILES string of the molecule is CCOC(=O)C1=C(C(=O)OCC)SC(=C2C(=S)C(C)(C)N(C(=O)COc3ccc4ccccc4c3)c3c(C)cccc32)S1. The molecule has 5 rings (SSSR count). The Morgan fingerprint density at radius 2 is 1.49 bits per heavy atom. The minimum Gasteiger partial charge on any atom is -0.484 e. The third kappa shape index (κ3) is 5.83. The van der Waals surface area contributed by atoms with Crippen molar-refractivity contribution in [2.75, 3.05) is 24.7 Å². The summed E-state index contributed by atoms with van der Waals surface area (Å²) >= 11 is 8.39. The molecule has 0 atom stereocenters. The molecule has 3 aromatic carbocycles. The smallest absolute Gasteiger partial charge is 0.346 e. The Bertz CT molecular complexity index is 1690. The van der Waals surface area contributed by atoms with Gasteiger partial charge in [0, 0.05) is 11.1 Å². The highest BCUT2D eigenvalue weighted by atomic mass is 32.2. The number of para-hydroxylation sites is 1. The van der Waals surface area contributed by atoms with Crippen molar-refractivity contribution in [1.82, 2.24) is 0 Å². The summed E-state index contributed by atoms with van der Waals surface area (Å²) in [5, 5.41) is 2.11. The normalized spacial score (nSPS) is 15.9. The molecule has 43 heavy (non-hydrogen) atoms. The first-order valence-corrected chi connectivity index (χ1v) is 15.9. The van der Waals surface area contributed by atoms with Gasteiger partial charge in [-0.25, -0.2) is 9.59 Å². The van der Waals surface area contributed by atoms with E-state index in [4.69, 9.17) is 26.4 Å². The Morgan fingerprint density at radius 1 is 0.860 bits per heavy atom. The Hall–Kier alpha value is -3.60. The van der Waals surface area contributed by atoms with Gasteiger partial charge in [-0.1, -0.05) is 84.3 Å². The molecule has 0 saturated heterocycles. The molecule has 0 N–H and O–H groups in total. The monoisotopic (exact) mass is 633 g/mol. The van der Waals surface area contributed by atoms with Crippen LogP contribution >= 0.6 is 35.7 Å². The summed E-state index contributed by atoms with van der Waals surface area (Å²) in [7, 11) is 0. The number of esters is 2. The number of anilines is 1. The molecule has 222 valence electrons. The second kappa shape index (κ2) is 12.6. The summed E-state index contributed by atoms with van der Waals surface area (Å²) in [6, 6.07) is 19.4. The Balaban J connectivity index is 1.53. The van der Waals surface area contributed by atoms with Gasteiger partial charge in [0.2, 0.25) is 0 Å². The third-order valence-corrected chi connectivity index (χ3v) is 10.4. The molecule has 10 heteroatoms. The van der Waals surface area contributed by atoms with Crippen LogP contribution in [0.5, 0.6) is 5.75 Å². The fraction of sp³-hybridized carbons (Fsp3) is 0.273. The summed E-state index contributed by atoms with van der Waals surface area (Å²) in [5.74, 6) is -0.831. The highest BCUT2D eigenvalue weighted by Gasteiger charge is 2.46. The first-order valence-electron chi connectivity index (χ1n) is 13.9. The van der Waals surface area contributed by atoms with E-state index in [1.54, 1.807) is 18.7 Å². The molecule has 0 fully saturated rings. The van der Waals surface area contributed by atoms with Gasteiger partial charge in [0.1, 0.15) is 15.6 Å². The summed E-state index contributed by atoms with van der Waals surface area (Å²) in [4.78, 5) is 42.2. The van der Waals surface area contributed by atoms with E-state index in [1.807, 2.05) is 81.4 Å². The number of benzene rings is 3. The van der Waals surface area contributed by atoms with Crippen LogP contribution in [0, 0.1) is 6.92 Å². The molecule has 2 aliphatic heterocycles. The largest absolute Gasteiger partial charge is 0.484 e. The number of hydrogen-bond acceptors (Lipinski definition) is 9. The first-order chi connectivity index (χ1) is 20.6. The molecule has 0 saturated carbocycles. The van der Waals surface area contributed by atoms with Crippen LogP contribution in [-0.4, -0.2) is 48.1 Å². The highest BCUT2D eigenvalue weighted by molar-refractivity contribution is 8.29. The molecular formula is C33H31NO6S3. The predicted octanol–water partition coefficient (Wildman–Crippen LogP) is 7.21. The van der Waals surface area contributed by atoms with Crippen molar-refractivity contribution in [3.8, 4) is 5.75 Å². The molecule has 0 spiro atoms. The summed E-state index contributed by atoms with van der Waals surface area (Å²) in [5.41, 5.74) is 2.10. The Morgan fingerprint density at radius 3 is 2.12 bits per heavy atom. The number of aryl methyl sites for hydroxylation is 1. The van der Waals surface area contributed by atoms with E-state index in [0.29, 0.717) is 26.1 Å². The van der Waals surface area contributed by atoms with Gasteiger partial charge in [0.05, 0.1) is 33.5 Å². The van der Waals surface area contributed by atoms with Crippen molar-refractivity contribution in [3.63, 3.8) is 0 Å². The molecule has 0 unspecified atom stereocenters. The maximum absolute atomic E-state index is 13.9. The number of rotatable bonds is 7. The Labute approximate surface area is 264 Å². The van der Waals surface area contributed by atoms with Crippen molar-refractivity contribution >= 4 is 80.5 Å². The zero-order valence-corrected chi connectivity index (χ0v) is 27.0. The van der Waals surface area contributed by atoms with Crippen LogP contribution in [0.4, 0.5) is 5.69 Å². The van der Waals surface area contributed by atoms with Gasteiger partial charge in [0.15, 0.2) is 6.61 Å². The average Bonchev–Trinajstić information content (AvgIpc) is 3.42. The third-order valence-electron chi connectivity index (χ3n) is 7.13. The number of ether oxygens (including phenoxy) is 3. The second-order valence-corrected chi connectivity index (χ2v) is 13.1. The molecular weight excluding hydrogens is 603 g/mol. The molecule has 1 amide bonds. The second-order valence-electron chi connectivity index (χ2n) is 10.4. The topological polar surface area (TPSA) is 82.1 Å². The van der Waals surface area contributed by atoms with Gasteiger partial charge in [-0.2, -0.15) is 0 Å². The summed E-state index contributed by atoms with van der Waals surface area (Å²) in [6.45, 7) is 9.31. The lowest BCUT2D eigenvalue weighted by Gasteiger charge is -2.45. The van der Waals surface area contributed by atoms with Crippen LogP contribution in [0.2, 0.25) is 0 Å². The zero-order valence-electron chi connectivity index (χ0n) is 24.5. The van der Waals surface area contributed by atoms with E-state index in [-0.39, 0.29) is 35.5 Å². The zero-order chi connectivity index (χ0) is 30.9. The minimum atomic E-state index is -0.932. The molecule has 0 radical (unpaired) electrons. The van der Waals surface area contributed by atoms with Crippen molar-refractivity contribution in [3.05, 3.63) is 85.8 Å². The van der Waals surface area contributed by atoms with E-state index in [1.165, 1.54) is 0 Å². The maximum Gasteiger partial charge on any atom is 0.346 e. The van der Waals surface area contributed by atoms with Gasteiger partial charge in [-0.15, -0.1) is 0 Å². The van der Waals surface area contributed by atoms with E-state index >= 15 is 0 Å². The van der Waals surface area contributed by atoms with E-state index in [9.17, 15) is 14.4 Å². The molecule has 2 heterocycles. The molecule has 3 aromatic rings. The number of nitrogens with zero attached hydrogens (tertiary/aromatic N) is 1. The van der Waals surface area contributed by atoms with Crippen LogP contribution in [0.25, 0.3) is 16.3 Å². The average molecular weight is 634 g/mol. The fourth-order valence-corrected chi connectivity index (χ4v) is 8.12. The maximum atomic E-state index is 13.9. The lowest BCUT2D eigenvalue weighted by Crippen LogP contribution is -2.57. The van der Waals surface area contributed by atoms with Gasteiger partial charge in [-0.3, -0.25) is 9.69 Å². The van der Waals surface area contributed by atoms with Gasteiger partial charge >= 0.3 is 11.9 Å². The number of carbonyl (C=O) groups is 3. The number of fused-ring (bicyclic) bond motifs is 2. The summed E-state index contributed by atoms with van der Waals surface area (Å²) in [6.07, 6.45) is 0. The van der Waals surface area contributed by atoms with Gasteiger partial charge in [-0.05, 0) is 63.1 Å². The quantitative estimate of drug-likeness (QED) is 0.152. The van der Waals surface area contributed by atoms with Crippen LogP contribution in [0.15, 0.2) is 74.7 Å². The van der Waals surface area contributed by atoms with Crippen molar-refractivity contribution in [1.29, 1.82) is 0 Å². The first kappa shape index (κ1) is 30.8. The number of hydrogen-bond donors (Lipinski definition) is 0. The summed E-state index contributed by atoms with van der Waals surface area (Å²) < 4.78 is 17.2. The number of amides is 1. The van der Waals surface area contributed by atoms with Crippen LogP contribution < -0.4 is 9.64 Å². The molecule has 0 aromatic heterocycles. The molecule has 0 bridgehead atoms. The van der Waals surface area contributed by atoms with E-state index < -0.39 is 17.5 Å². The lowest BCUT2D eigenvalue weighted by molar-refractivity contribution is -0.140. The van der Waals surface area contributed by atoms with Gasteiger partial charge in [0.25, 0.3) is 5.91 Å². The lowest BCUT2D eigenvalue weighted by atomic mass is 9.82. The minimum absolute atomic E-state index is 0.168. The predicted molar refractivity (Wildman–Crippen MR) is 177 cm³/mol. The highest BCUT2D eigenvalue weighted by Crippen LogP contribution is 2.56. The van der Waals surface area contributed by atoms with Crippen LogP contribution in [0.3, 0.4) is 0 Å². The van der Waals surface area contributed by atoms with E-state index in [2.05, 4.69) is 0 Å². The standard InChI is InChI=1S/C33H31NO6S3/c1-6-38-30(36)27-28(31(37)39-7-2)43-32(42-27)25-23-14-10-11-19(3)26(23)34(33(4,5)29(25)41)24(35)18-40-22-16-15-20-12-8-9-13-21(20)17-22/h8-17H,6-7,18H2,1-5H3. The molecule has 2 aliphatic rings. The fourth-order valence-electron chi connectivity index (χ4n) is 5.14. The van der Waals surface area contributed by atoms with Crippen molar-refractivity contribution in [2.24, 2.45) is 0 Å². The van der Waals surface area contributed by atoms with E-state index in [0.717, 1.165) is 45.4 Å².